The highest BCUT2D eigenvalue weighted by atomic mass is 16.7. The van der Waals surface area contributed by atoms with Crippen molar-refractivity contribution in [2.75, 3.05) is 19.8 Å². The summed E-state index contributed by atoms with van der Waals surface area (Å²) in [7, 11) is 0. The molecule has 4 N–H and O–H groups in total. The van der Waals surface area contributed by atoms with Gasteiger partial charge < -0.3 is 39.4 Å². The lowest BCUT2D eigenvalue weighted by atomic mass is 9.99. The molecule has 65 heavy (non-hydrogen) atoms. The SMILES string of the molecule is CC/C=C\C/C=C\C/C=C\C/C=C\C/C=C\CCCCCC(=O)OC(COC(=O)CCCCCCCCCCC/C=C\CCCCCCCCCC)COC1OC(CO)C(O)C(O)C1O. The van der Waals surface area contributed by atoms with Gasteiger partial charge in [-0.2, -0.15) is 0 Å². The van der Waals surface area contributed by atoms with Crippen LogP contribution in [0.2, 0.25) is 0 Å². The summed E-state index contributed by atoms with van der Waals surface area (Å²) < 4.78 is 22.2. The lowest BCUT2D eigenvalue weighted by molar-refractivity contribution is -0.305. The summed E-state index contributed by atoms with van der Waals surface area (Å²) in [6.07, 6.45) is 50.5. The van der Waals surface area contributed by atoms with E-state index in [4.69, 9.17) is 18.9 Å². The van der Waals surface area contributed by atoms with E-state index in [1.165, 1.54) is 96.3 Å². The number of allylic oxidation sites excluding steroid dienone is 12. The largest absolute Gasteiger partial charge is 0.462 e. The van der Waals surface area contributed by atoms with E-state index < -0.39 is 49.4 Å². The second kappa shape index (κ2) is 44.9. The van der Waals surface area contributed by atoms with Gasteiger partial charge >= 0.3 is 11.9 Å². The first-order valence-electron chi connectivity index (χ1n) is 26.0. The van der Waals surface area contributed by atoms with Crippen LogP contribution in [0.4, 0.5) is 0 Å². The number of hydrogen-bond acceptors (Lipinski definition) is 10. The molecular formula is C55H94O10. The van der Waals surface area contributed by atoms with Crippen molar-refractivity contribution in [1.82, 2.24) is 0 Å². The molecule has 374 valence electrons. The van der Waals surface area contributed by atoms with Crippen molar-refractivity contribution in [3.05, 3.63) is 72.9 Å². The van der Waals surface area contributed by atoms with E-state index in [2.05, 4.69) is 86.8 Å². The molecule has 1 rings (SSSR count). The molecule has 0 saturated carbocycles. The molecule has 10 nitrogen and oxygen atoms in total. The van der Waals surface area contributed by atoms with Gasteiger partial charge in [-0.1, -0.05) is 183 Å². The van der Waals surface area contributed by atoms with Crippen LogP contribution in [0.15, 0.2) is 72.9 Å². The zero-order valence-corrected chi connectivity index (χ0v) is 41.0. The van der Waals surface area contributed by atoms with Crippen LogP contribution in [0.3, 0.4) is 0 Å². The Bertz CT molecular complexity index is 1290. The molecule has 6 unspecified atom stereocenters. The molecule has 1 heterocycles. The van der Waals surface area contributed by atoms with Crippen molar-refractivity contribution in [3.8, 4) is 0 Å². The van der Waals surface area contributed by atoms with Crippen molar-refractivity contribution >= 4 is 11.9 Å². The minimum Gasteiger partial charge on any atom is -0.462 e. The number of hydrogen-bond donors (Lipinski definition) is 4. The Morgan fingerprint density at radius 1 is 0.492 bits per heavy atom. The van der Waals surface area contributed by atoms with Crippen LogP contribution >= 0.6 is 0 Å². The fourth-order valence-electron chi connectivity index (χ4n) is 7.50. The van der Waals surface area contributed by atoms with Crippen LogP contribution in [0.5, 0.6) is 0 Å². The maximum atomic E-state index is 12.8. The summed E-state index contributed by atoms with van der Waals surface area (Å²) in [5.74, 6) is -0.847. The molecule has 1 fully saturated rings. The monoisotopic (exact) mass is 915 g/mol. The molecule has 0 radical (unpaired) electrons. The van der Waals surface area contributed by atoms with Gasteiger partial charge in [0.15, 0.2) is 12.4 Å². The standard InChI is InChI=1S/C55H94O10/c1-3-5-7-9-11-13-15-17-19-21-23-24-26-27-29-31-33-35-37-39-41-43-50(57)62-46-48(47-63-55-54(61)53(60)52(59)49(45-56)65-55)64-51(58)44-42-40-38-36-34-32-30-28-25-22-20-18-16-14-12-10-8-6-4-2/h6,8,12,14,18,20-21,23,25,28,32,34,48-49,52-56,59-61H,3-5,7,9-11,13,15-17,19,22,24,26-27,29-31,33,35-47H2,1-2H3/b8-6-,14-12-,20-18-,23-21-,28-25-,34-32-. The molecular weight excluding hydrogens is 821 g/mol. The molecule has 0 aromatic heterocycles. The fraction of sp³-hybridized carbons (Fsp3) is 0.745. The third kappa shape index (κ3) is 35.9. The number of esters is 2. The fourth-order valence-corrected chi connectivity index (χ4v) is 7.50. The Hall–Kier alpha value is -2.86. The van der Waals surface area contributed by atoms with E-state index in [-0.39, 0.29) is 32.0 Å². The van der Waals surface area contributed by atoms with Crippen molar-refractivity contribution in [3.63, 3.8) is 0 Å². The maximum Gasteiger partial charge on any atom is 0.306 e. The number of aliphatic hydroxyl groups excluding tert-OH is 4. The first kappa shape index (κ1) is 60.2. The van der Waals surface area contributed by atoms with Crippen LogP contribution < -0.4 is 0 Å². The van der Waals surface area contributed by atoms with E-state index in [0.29, 0.717) is 6.42 Å². The van der Waals surface area contributed by atoms with Gasteiger partial charge in [-0.05, 0) is 83.5 Å². The molecule has 0 aromatic carbocycles. The predicted octanol–water partition coefficient (Wildman–Crippen LogP) is 12.3. The second-order valence-electron chi connectivity index (χ2n) is 17.6. The quantitative estimate of drug-likeness (QED) is 0.0264. The molecule has 0 spiro atoms. The van der Waals surface area contributed by atoms with Crippen molar-refractivity contribution in [1.29, 1.82) is 0 Å². The van der Waals surface area contributed by atoms with Crippen LogP contribution in [0, 0.1) is 0 Å². The van der Waals surface area contributed by atoms with E-state index in [9.17, 15) is 30.0 Å². The van der Waals surface area contributed by atoms with Gasteiger partial charge in [0, 0.05) is 12.8 Å². The Morgan fingerprint density at radius 3 is 1.40 bits per heavy atom. The van der Waals surface area contributed by atoms with Crippen LogP contribution in [0.1, 0.15) is 206 Å². The number of rotatable bonds is 43. The summed E-state index contributed by atoms with van der Waals surface area (Å²) in [4.78, 5) is 25.5. The highest BCUT2D eigenvalue weighted by Gasteiger charge is 2.44. The molecule has 0 aliphatic carbocycles. The van der Waals surface area contributed by atoms with Crippen molar-refractivity contribution in [2.45, 2.75) is 243 Å². The lowest BCUT2D eigenvalue weighted by Gasteiger charge is -2.39. The number of unbranched alkanes of at least 4 members (excludes halogenated alkanes) is 20. The third-order valence-corrected chi connectivity index (χ3v) is 11.6. The van der Waals surface area contributed by atoms with E-state index >= 15 is 0 Å². The highest BCUT2D eigenvalue weighted by molar-refractivity contribution is 5.70. The smallest absolute Gasteiger partial charge is 0.306 e. The summed E-state index contributed by atoms with van der Waals surface area (Å²) in [6, 6.07) is 0. The average Bonchev–Trinajstić information content (AvgIpc) is 3.30. The number of ether oxygens (including phenoxy) is 4. The molecule has 1 aliphatic heterocycles. The number of carbonyl (C=O) groups is 2. The zero-order valence-electron chi connectivity index (χ0n) is 41.0. The minimum atomic E-state index is -1.61. The Labute approximate surface area is 395 Å². The molecule has 0 bridgehead atoms. The topological polar surface area (TPSA) is 152 Å². The zero-order chi connectivity index (χ0) is 47.3. The second-order valence-corrected chi connectivity index (χ2v) is 17.6. The first-order valence-corrected chi connectivity index (χ1v) is 26.0. The van der Waals surface area contributed by atoms with E-state index in [0.717, 1.165) is 77.0 Å². The molecule has 10 heteroatoms. The van der Waals surface area contributed by atoms with Crippen molar-refractivity contribution in [2.24, 2.45) is 0 Å². The average molecular weight is 915 g/mol. The Morgan fingerprint density at radius 2 is 0.908 bits per heavy atom. The molecule has 0 amide bonds. The molecule has 1 aliphatic rings. The van der Waals surface area contributed by atoms with Gasteiger partial charge in [0.05, 0.1) is 13.2 Å². The van der Waals surface area contributed by atoms with Gasteiger partial charge in [-0.15, -0.1) is 0 Å². The summed E-state index contributed by atoms with van der Waals surface area (Å²) in [5, 5.41) is 40.2. The number of aliphatic hydroxyl groups is 4. The van der Waals surface area contributed by atoms with Crippen LogP contribution in [-0.4, -0.2) is 89.0 Å². The van der Waals surface area contributed by atoms with Crippen LogP contribution in [0.25, 0.3) is 0 Å². The van der Waals surface area contributed by atoms with Crippen molar-refractivity contribution < 1.29 is 49.0 Å². The van der Waals surface area contributed by atoms with Crippen LogP contribution in [-0.2, 0) is 28.5 Å². The minimum absolute atomic E-state index is 0.187. The van der Waals surface area contributed by atoms with Gasteiger partial charge in [0.2, 0.25) is 0 Å². The van der Waals surface area contributed by atoms with E-state index in [1.54, 1.807) is 0 Å². The predicted molar refractivity (Wildman–Crippen MR) is 265 cm³/mol. The maximum absolute atomic E-state index is 12.8. The molecule has 1 saturated heterocycles. The van der Waals surface area contributed by atoms with Gasteiger partial charge in [-0.3, -0.25) is 9.59 Å². The molecule has 6 atom stereocenters. The van der Waals surface area contributed by atoms with Gasteiger partial charge in [-0.25, -0.2) is 0 Å². The summed E-state index contributed by atoms with van der Waals surface area (Å²) in [5.41, 5.74) is 0. The van der Waals surface area contributed by atoms with Gasteiger partial charge in [0.1, 0.15) is 31.0 Å². The lowest BCUT2D eigenvalue weighted by Crippen LogP contribution is -2.59. The third-order valence-electron chi connectivity index (χ3n) is 11.6. The summed E-state index contributed by atoms with van der Waals surface area (Å²) in [6.45, 7) is 3.29. The highest BCUT2D eigenvalue weighted by Crippen LogP contribution is 2.23. The molecule has 0 aromatic rings. The van der Waals surface area contributed by atoms with E-state index in [1.807, 2.05) is 0 Å². The summed E-state index contributed by atoms with van der Waals surface area (Å²) >= 11 is 0. The Kier molecular flexibility index (Phi) is 41.6. The van der Waals surface area contributed by atoms with Gasteiger partial charge in [0.25, 0.3) is 0 Å². The normalized spacial score (nSPS) is 19.9. The first-order chi connectivity index (χ1) is 31.8. The number of carbonyl (C=O) groups excluding carboxylic acids is 2. The Balaban J connectivity index is 2.29.